The van der Waals surface area contributed by atoms with Crippen LogP contribution in [0.3, 0.4) is 0 Å². The highest BCUT2D eigenvalue weighted by Gasteiger charge is 2.25. The van der Waals surface area contributed by atoms with E-state index in [1.165, 1.54) is 0 Å². The van der Waals surface area contributed by atoms with E-state index in [0.717, 1.165) is 70.4 Å². The number of likely N-dealkylation sites (tertiary alicyclic amines) is 1. The summed E-state index contributed by atoms with van der Waals surface area (Å²) in [7, 11) is 0. The molecule has 7 heteroatoms. The van der Waals surface area contributed by atoms with Crippen molar-refractivity contribution in [1.82, 2.24) is 14.5 Å². The first-order chi connectivity index (χ1) is 10.8. The van der Waals surface area contributed by atoms with Crippen molar-refractivity contribution in [3.05, 3.63) is 18.2 Å². The minimum Gasteiger partial charge on any atom is -0.341 e. The number of halogens is 2. The number of nitrogens with two attached hydrogens (primary N) is 1. The van der Waals surface area contributed by atoms with E-state index in [-0.39, 0.29) is 24.8 Å². The standard InChI is InChI=1S/C17H30N4O.2ClH/c1-2-16-19-11-13-21(16)15-8-7-12-20(14-15)17(22)9-5-3-4-6-10-18;;/h11,13,15H,2-10,12,14,18H2,1H3;2*1H. The van der Waals surface area contributed by atoms with E-state index in [9.17, 15) is 4.79 Å². The highest BCUT2D eigenvalue weighted by Crippen LogP contribution is 2.23. The fourth-order valence-corrected chi connectivity index (χ4v) is 3.29. The molecule has 2 N–H and O–H groups in total. The number of carbonyl (C=O) groups excluding carboxylic acids is 1. The normalized spacial score (nSPS) is 17.1. The van der Waals surface area contributed by atoms with E-state index in [1.807, 2.05) is 6.20 Å². The van der Waals surface area contributed by atoms with Crippen molar-refractivity contribution >= 4 is 30.7 Å². The summed E-state index contributed by atoms with van der Waals surface area (Å²) in [5, 5.41) is 0. The van der Waals surface area contributed by atoms with Gasteiger partial charge in [-0.05, 0) is 32.2 Å². The Bertz CT molecular complexity index is 467. The minimum atomic E-state index is 0. The van der Waals surface area contributed by atoms with Gasteiger partial charge in [0.15, 0.2) is 0 Å². The lowest BCUT2D eigenvalue weighted by atomic mass is 10.0. The van der Waals surface area contributed by atoms with Crippen LogP contribution in [0.1, 0.15) is 63.7 Å². The van der Waals surface area contributed by atoms with E-state index in [1.54, 1.807) is 0 Å². The number of imidazole rings is 1. The first-order valence-electron chi connectivity index (χ1n) is 8.75. The van der Waals surface area contributed by atoms with Crippen molar-refractivity contribution in [2.24, 2.45) is 5.73 Å². The van der Waals surface area contributed by atoms with Crippen molar-refractivity contribution in [2.45, 2.75) is 64.3 Å². The average Bonchev–Trinajstić information content (AvgIpc) is 3.03. The number of aryl methyl sites for hydroxylation is 1. The molecule has 1 unspecified atom stereocenters. The highest BCUT2D eigenvalue weighted by atomic mass is 35.5. The van der Waals surface area contributed by atoms with E-state index >= 15 is 0 Å². The van der Waals surface area contributed by atoms with Crippen molar-refractivity contribution in [2.75, 3.05) is 19.6 Å². The van der Waals surface area contributed by atoms with Crippen LogP contribution >= 0.6 is 24.8 Å². The van der Waals surface area contributed by atoms with Gasteiger partial charge in [0.1, 0.15) is 5.82 Å². The van der Waals surface area contributed by atoms with Gasteiger partial charge in [-0.25, -0.2) is 4.98 Å². The van der Waals surface area contributed by atoms with Gasteiger partial charge in [-0.15, -0.1) is 24.8 Å². The van der Waals surface area contributed by atoms with Crippen LogP contribution in [0.2, 0.25) is 0 Å². The Kier molecular flexibility index (Phi) is 12.2. The fourth-order valence-electron chi connectivity index (χ4n) is 3.29. The average molecular weight is 379 g/mol. The summed E-state index contributed by atoms with van der Waals surface area (Å²) in [6.07, 6.45) is 12.1. The second-order valence-corrected chi connectivity index (χ2v) is 6.19. The van der Waals surface area contributed by atoms with Gasteiger partial charge in [0.2, 0.25) is 5.91 Å². The maximum atomic E-state index is 12.4. The Morgan fingerprint density at radius 3 is 2.75 bits per heavy atom. The van der Waals surface area contributed by atoms with Crippen molar-refractivity contribution in [3.63, 3.8) is 0 Å². The summed E-state index contributed by atoms with van der Waals surface area (Å²) in [5.74, 6) is 1.44. The second-order valence-electron chi connectivity index (χ2n) is 6.19. The van der Waals surface area contributed by atoms with Crippen molar-refractivity contribution < 1.29 is 4.79 Å². The predicted octanol–water partition coefficient (Wildman–Crippen LogP) is 3.36. The number of aromatic nitrogens is 2. The SMILES string of the molecule is CCc1nccn1C1CCCN(C(=O)CCCCCCN)C1.Cl.Cl. The molecule has 1 fully saturated rings. The monoisotopic (exact) mass is 378 g/mol. The summed E-state index contributed by atoms with van der Waals surface area (Å²) in [6.45, 7) is 4.64. The van der Waals surface area contributed by atoms with Gasteiger partial charge in [0, 0.05) is 38.3 Å². The van der Waals surface area contributed by atoms with Crippen LogP contribution in [0.15, 0.2) is 12.4 Å². The number of hydrogen-bond donors (Lipinski definition) is 1. The number of nitrogens with zero attached hydrogens (tertiary/aromatic N) is 3. The summed E-state index contributed by atoms with van der Waals surface area (Å²) < 4.78 is 2.26. The third-order valence-electron chi connectivity index (χ3n) is 4.55. The van der Waals surface area contributed by atoms with Crippen LogP contribution < -0.4 is 5.73 Å². The third-order valence-corrected chi connectivity index (χ3v) is 4.55. The first-order valence-corrected chi connectivity index (χ1v) is 8.75. The van der Waals surface area contributed by atoms with E-state index in [0.29, 0.717) is 18.4 Å². The molecule has 1 aromatic rings. The summed E-state index contributed by atoms with van der Waals surface area (Å²) >= 11 is 0. The predicted molar refractivity (Wildman–Crippen MR) is 103 cm³/mol. The lowest BCUT2D eigenvalue weighted by Gasteiger charge is -2.34. The Balaban J connectivity index is 0.00000264. The van der Waals surface area contributed by atoms with Gasteiger partial charge in [0.25, 0.3) is 0 Å². The Morgan fingerprint density at radius 1 is 1.29 bits per heavy atom. The van der Waals surface area contributed by atoms with Gasteiger partial charge < -0.3 is 15.2 Å². The zero-order valence-electron chi connectivity index (χ0n) is 14.7. The fraction of sp³-hybridized carbons (Fsp3) is 0.765. The second kappa shape index (κ2) is 12.6. The summed E-state index contributed by atoms with van der Waals surface area (Å²) in [5.41, 5.74) is 5.49. The lowest BCUT2D eigenvalue weighted by molar-refractivity contribution is -0.133. The highest BCUT2D eigenvalue weighted by molar-refractivity contribution is 5.85. The molecule has 1 aliphatic heterocycles. The number of piperidine rings is 1. The minimum absolute atomic E-state index is 0. The molecule has 2 heterocycles. The molecule has 24 heavy (non-hydrogen) atoms. The van der Waals surface area contributed by atoms with Crippen LogP contribution in [-0.2, 0) is 11.2 Å². The van der Waals surface area contributed by atoms with Gasteiger partial charge in [-0.1, -0.05) is 19.8 Å². The molecule has 1 saturated heterocycles. The molecule has 2 rings (SSSR count). The van der Waals surface area contributed by atoms with Crippen LogP contribution in [0.25, 0.3) is 0 Å². The zero-order chi connectivity index (χ0) is 15.8. The molecule has 140 valence electrons. The number of hydrogen-bond acceptors (Lipinski definition) is 3. The van der Waals surface area contributed by atoms with Crippen molar-refractivity contribution in [1.29, 1.82) is 0 Å². The van der Waals surface area contributed by atoms with Gasteiger partial charge in [0.05, 0.1) is 6.04 Å². The number of rotatable bonds is 8. The Morgan fingerprint density at radius 2 is 2.04 bits per heavy atom. The van der Waals surface area contributed by atoms with Gasteiger partial charge >= 0.3 is 0 Å². The molecular formula is C17H32Cl2N4O. The maximum Gasteiger partial charge on any atom is 0.222 e. The molecule has 0 saturated carbocycles. The molecule has 0 aromatic carbocycles. The first kappa shape index (κ1) is 23.2. The lowest BCUT2D eigenvalue weighted by Crippen LogP contribution is -2.40. The van der Waals surface area contributed by atoms with Crippen LogP contribution in [0, 0.1) is 0 Å². The van der Waals surface area contributed by atoms with E-state index < -0.39 is 0 Å². The quantitative estimate of drug-likeness (QED) is 0.705. The number of unbranched alkanes of at least 4 members (excludes halogenated alkanes) is 3. The third kappa shape index (κ3) is 6.61. The molecule has 1 aliphatic rings. The van der Waals surface area contributed by atoms with E-state index in [2.05, 4.69) is 27.6 Å². The van der Waals surface area contributed by atoms with Crippen LogP contribution in [0.5, 0.6) is 0 Å². The maximum absolute atomic E-state index is 12.4. The molecule has 0 aliphatic carbocycles. The summed E-state index contributed by atoms with van der Waals surface area (Å²) in [6, 6.07) is 0.396. The molecule has 0 spiro atoms. The van der Waals surface area contributed by atoms with E-state index in [4.69, 9.17) is 5.73 Å². The summed E-state index contributed by atoms with van der Waals surface area (Å²) in [4.78, 5) is 18.8. The Labute approximate surface area is 158 Å². The smallest absolute Gasteiger partial charge is 0.222 e. The molecule has 1 amide bonds. The Hall–Kier alpha value is -0.780. The molecule has 0 radical (unpaired) electrons. The molecule has 1 aromatic heterocycles. The number of amides is 1. The molecule has 0 bridgehead atoms. The molecule has 1 atom stereocenters. The number of carbonyl (C=O) groups is 1. The van der Waals surface area contributed by atoms with Gasteiger partial charge in [-0.3, -0.25) is 4.79 Å². The topological polar surface area (TPSA) is 64.2 Å². The van der Waals surface area contributed by atoms with Crippen LogP contribution in [0.4, 0.5) is 0 Å². The largest absolute Gasteiger partial charge is 0.341 e. The van der Waals surface area contributed by atoms with Gasteiger partial charge in [-0.2, -0.15) is 0 Å². The molecule has 5 nitrogen and oxygen atoms in total. The van der Waals surface area contributed by atoms with Crippen molar-refractivity contribution in [3.8, 4) is 0 Å². The zero-order valence-corrected chi connectivity index (χ0v) is 16.3. The van der Waals surface area contributed by atoms with Crippen LogP contribution in [-0.4, -0.2) is 40.0 Å². The molecular weight excluding hydrogens is 347 g/mol.